The molecule has 1 aliphatic heterocycles. The predicted octanol–water partition coefficient (Wildman–Crippen LogP) is 3.98. The van der Waals surface area contributed by atoms with Crippen molar-refractivity contribution in [2.45, 2.75) is 38.8 Å². The van der Waals surface area contributed by atoms with Gasteiger partial charge in [0, 0.05) is 43.7 Å². The van der Waals surface area contributed by atoms with E-state index >= 15 is 0 Å². The summed E-state index contributed by atoms with van der Waals surface area (Å²) >= 11 is 0. The Hall–Kier alpha value is -2.78. The molecule has 0 aliphatic carbocycles. The van der Waals surface area contributed by atoms with Crippen LogP contribution in [0.4, 0.5) is 13.2 Å². The Morgan fingerprint density at radius 2 is 2.10 bits per heavy atom. The Labute approximate surface area is 171 Å². The van der Waals surface area contributed by atoms with Crippen LogP contribution in [0.3, 0.4) is 0 Å². The first kappa shape index (κ1) is 20.5. The van der Waals surface area contributed by atoms with Crippen LogP contribution in [0.1, 0.15) is 29.9 Å². The molecular formula is C21H21F3N4O2. The zero-order valence-corrected chi connectivity index (χ0v) is 16.5. The quantitative estimate of drug-likeness (QED) is 0.649. The van der Waals surface area contributed by atoms with Crippen molar-refractivity contribution in [2.24, 2.45) is 0 Å². The number of nitrogens with one attached hydrogen (secondary N) is 1. The first-order valence-electron chi connectivity index (χ1n) is 9.59. The molecular weight excluding hydrogens is 397 g/mol. The van der Waals surface area contributed by atoms with Crippen LogP contribution in [0, 0.1) is 0 Å². The van der Waals surface area contributed by atoms with Crippen LogP contribution < -0.4 is 0 Å². The molecule has 3 heterocycles. The summed E-state index contributed by atoms with van der Waals surface area (Å²) in [6, 6.07) is 7.32. The normalized spacial score (nSPS) is 20.6. The summed E-state index contributed by atoms with van der Waals surface area (Å²) in [5.74, 6) is -0.165. The smallest absolute Gasteiger partial charge is 0.363 e. The van der Waals surface area contributed by atoms with Crippen LogP contribution in [-0.2, 0) is 11.3 Å². The fraction of sp³-hybridized carbons (Fsp3) is 0.381. The molecule has 1 aliphatic rings. The second-order valence-electron chi connectivity index (χ2n) is 7.62. The van der Waals surface area contributed by atoms with Crippen LogP contribution in [0.2, 0.25) is 0 Å². The number of aromatic nitrogens is 3. The van der Waals surface area contributed by atoms with Crippen molar-refractivity contribution in [2.75, 3.05) is 13.1 Å². The molecule has 0 radical (unpaired) electrons. The topological polar surface area (TPSA) is 71.1 Å². The van der Waals surface area contributed by atoms with Gasteiger partial charge in [-0.1, -0.05) is 12.1 Å². The fourth-order valence-electron chi connectivity index (χ4n) is 3.80. The van der Waals surface area contributed by atoms with Gasteiger partial charge in [-0.05, 0) is 30.2 Å². The van der Waals surface area contributed by atoms with Crippen molar-refractivity contribution >= 4 is 16.7 Å². The lowest BCUT2D eigenvalue weighted by molar-refractivity contribution is -0.252. The number of aromatic amines is 1. The van der Waals surface area contributed by atoms with E-state index in [0.29, 0.717) is 24.3 Å². The number of carbonyl (C=O) groups excluding carboxylic acids is 1. The molecule has 0 unspecified atom stereocenters. The summed E-state index contributed by atoms with van der Waals surface area (Å²) in [5.41, 5.74) is 3.41. The number of H-pyrrole nitrogens is 1. The second kappa shape index (κ2) is 7.81. The Kier molecular flexibility index (Phi) is 5.33. The number of ketones is 1. The van der Waals surface area contributed by atoms with Crippen LogP contribution in [0.5, 0.6) is 0 Å². The molecule has 158 valence electrons. The summed E-state index contributed by atoms with van der Waals surface area (Å²) < 4.78 is 44.5. The minimum absolute atomic E-state index is 0.165. The van der Waals surface area contributed by atoms with Crippen molar-refractivity contribution in [1.82, 2.24) is 20.1 Å². The van der Waals surface area contributed by atoms with E-state index in [0.717, 1.165) is 22.1 Å². The molecule has 1 saturated heterocycles. The zero-order chi connectivity index (χ0) is 21.5. The lowest BCUT2D eigenvalue weighted by atomic mass is 10.00. The highest BCUT2D eigenvalue weighted by molar-refractivity contribution is 6.01. The van der Waals surface area contributed by atoms with E-state index in [4.69, 9.17) is 4.74 Å². The number of pyridine rings is 1. The molecule has 0 amide bonds. The number of morpholine rings is 1. The van der Waals surface area contributed by atoms with E-state index in [1.165, 1.54) is 6.92 Å². The van der Waals surface area contributed by atoms with E-state index in [2.05, 4.69) is 15.2 Å². The first-order valence-corrected chi connectivity index (χ1v) is 9.59. The third kappa shape index (κ3) is 4.22. The molecule has 1 fully saturated rings. The fourth-order valence-corrected chi connectivity index (χ4v) is 3.80. The number of alkyl halides is 3. The molecule has 30 heavy (non-hydrogen) atoms. The number of fused-ring (bicyclic) bond motifs is 1. The highest BCUT2D eigenvalue weighted by Gasteiger charge is 2.44. The summed E-state index contributed by atoms with van der Waals surface area (Å²) in [5, 5.41) is 7.57. The van der Waals surface area contributed by atoms with Gasteiger partial charge in [0.1, 0.15) is 5.69 Å². The van der Waals surface area contributed by atoms with Gasteiger partial charge >= 0.3 is 6.18 Å². The lowest BCUT2D eigenvalue weighted by Crippen LogP contribution is -2.51. The highest BCUT2D eigenvalue weighted by atomic mass is 19.4. The van der Waals surface area contributed by atoms with E-state index < -0.39 is 18.4 Å². The molecule has 0 spiro atoms. The van der Waals surface area contributed by atoms with Crippen molar-refractivity contribution in [1.29, 1.82) is 0 Å². The van der Waals surface area contributed by atoms with Gasteiger partial charge in [-0.3, -0.25) is 14.8 Å². The molecule has 3 aromatic rings. The van der Waals surface area contributed by atoms with Gasteiger partial charge in [0.05, 0.1) is 17.8 Å². The third-order valence-corrected chi connectivity index (χ3v) is 5.15. The largest absolute Gasteiger partial charge is 0.415 e. The minimum atomic E-state index is -4.40. The highest BCUT2D eigenvalue weighted by Crippen LogP contribution is 2.31. The molecule has 2 aromatic heterocycles. The van der Waals surface area contributed by atoms with Crippen molar-refractivity contribution in [3.8, 4) is 11.1 Å². The first-order chi connectivity index (χ1) is 14.2. The van der Waals surface area contributed by atoms with E-state index in [1.807, 2.05) is 18.2 Å². The molecule has 4 rings (SSSR count). The lowest BCUT2D eigenvalue weighted by Gasteiger charge is -2.37. The SMILES string of the molecule is CC(=O)c1cc(-c2cn[nH]c2)c2ccc(CN3C[C@@H](C)O[C@@H](C(F)(F)F)C3)cc2n1. The van der Waals surface area contributed by atoms with Crippen LogP contribution in [0.15, 0.2) is 36.7 Å². The van der Waals surface area contributed by atoms with Gasteiger partial charge in [-0.2, -0.15) is 18.3 Å². The molecule has 9 heteroatoms. The Morgan fingerprint density at radius 3 is 2.77 bits per heavy atom. The van der Waals surface area contributed by atoms with Crippen molar-refractivity contribution in [3.63, 3.8) is 0 Å². The Balaban J connectivity index is 1.67. The maximum atomic E-state index is 13.1. The number of ether oxygens (including phenoxy) is 1. The Bertz CT molecular complexity index is 1070. The molecule has 2 atom stereocenters. The molecule has 1 aromatic carbocycles. The monoisotopic (exact) mass is 418 g/mol. The summed E-state index contributed by atoms with van der Waals surface area (Å²) in [7, 11) is 0. The molecule has 6 nitrogen and oxygen atoms in total. The zero-order valence-electron chi connectivity index (χ0n) is 16.5. The average molecular weight is 418 g/mol. The maximum absolute atomic E-state index is 13.1. The number of hydrogen-bond acceptors (Lipinski definition) is 5. The van der Waals surface area contributed by atoms with Gasteiger partial charge in [-0.25, -0.2) is 4.98 Å². The number of carbonyl (C=O) groups is 1. The number of Topliss-reactive ketones (excluding diaryl/α,β-unsaturated/α-hetero) is 1. The average Bonchev–Trinajstić information content (AvgIpc) is 3.20. The summed E-state index contributed by atoms with van der Waals surface area (Å²) in [4.78, 5) is 18.2. The van der Waals surface area contributed by atoms with Gasteiger partial charge in [0.2, 0.25) is 0 Å². The van der Waals surface area contributed by atoms with Gasteiger partial charge in [0.25, 0.3) is 0 Å². The van der Waals surface area contributed by atoms with E-state index in [1.54, 1.807) is 30.3 Å². The number of nitrogens with zero attached hydrogens (tertiary/aromatic N) is 3. The second-order valence-corrected chi connectivity index (χ2v) is 7.62. The maximum Gasteiger partial charge on any atom is 0.415 e. The minimum Gasteiger partial charge on any atom is -0.363 e. The number of halogens is 3. The van der Waals surface area contributed by atoms with Gasteiger partial charge < -0.3 is 4.74 Å². The molecule has 0 bridgehead atoms. The predicted molar refractivity (Wildman–Crippen MR) is 105 cm³/mol. The summed E-state index contributed by atoms with van der Waals surface area (Å²) in [6.45, 7) is 3.62. The van der Waals surface area contributed by atoms with E-state index in [9.17, 15) is 18.0 Å². The van der Waals surface area contributed by atoms with Crippen molar-refractivity contribution < 1.29 is 22.7 Å². The number of rotatable bonds is 4. The van der Waals surface area contributed by atoms with Crippen LogP contribution in [0.25, 0.3) is 22.0 Å². The van der Waals surface area contributed by atoms with Gasteiger partial charge in [0.15, 0.2) is 11.9 Å². The van der Waals surface area contributed by atoms with E-state index in [-0.39, 0.29) is 12.3 Å². The molecule has 0 saturated carbocycles. The number of hydrogen-bond donors (Lipinski definition) is 1. The number of benzene rings is 1. The van der Waals surface area contributed by atoms with Crippen molar-refractivity contribution in [3.05, 3.63) is 47.9 Å². The molecule has 1 N–H and O–H groups in total. The third-order valence-electron chi connectivity index (χ3n) is 5.15. The van der Waals surface area contributed by atoms with Crippen LogP contribution >= 0.6 is 0 Å². The summed E-state index contributed by atoms with van der Waals surface area (Å²) in [6.07, 6.45) is -3.30. The Morgan fingerprint density at radius 1 is 1.30 bits per heavy atom. The standard InChI is InChI=1S/C21H21F3N4O2/c1-12-9-28(11-20(30-12)21(22,23)24)10-14-3-4-16-17(15-7-25-26-8-15)6-18(13(2)29)27-19(16)5-14/h3-8,12,20H,9-11H2,1-2H3,(H,25,26)/t12-,20-/m1/s1. The van der Waals surface area contributed by atoms with Crippen LogP contribution in [-0.4, -0.2) is 57.3 Å². The van der Waals surface area contributed by atoms with Gasteiger partial charge in [-0.15, -0.1) is 0 Å².